The van der Waals surface area contributed by atoms with E-state index in [2.05, 4.69) is 20.9 Å². The first-order valence-corrected chi connectivity index (χ1v) is 9.57. The number of nitrogens with two attached hydrogens (primary N) is 1. The van der Waals surface area contributed by atoms with Crippen LogP contribution >= 0.6 is 0 Å². The molecule has 30 heavy (non-hydrogen) atoms. The minimum atomic E-state index is -1.16. The molecule has 10 heteroatoms. The first-order valence-electron chi connectivity index (χ1n) is 9.57. The first-order chi connectivity index (χ1) is 14.2. The fourth-order valence-corrected chi connectivity index (χ4v) is 2.99. The van der Waals surface area contributed by atoms with Gasteiger partial charge in [0.15, 0.2) is 0 Å². The van der Waals surface area contributed by atoms with E-state index < -0.39 is 35.8 Å². The summed E-state index contributed by atoms with van der Waals surface area (Å²) in [6.45, 7) is 2.74. The van der Waals surface area contributed by atoms with Crippen LogP contribution in [0.4, 0.5) is 0 Å². The molecule has 7 N–H and O–H groups in total. The summed E-state index contributed by atoms with van der Waals surface area (Å²) in [5.41, 5.74) is 6.85. The maximum Gasteiger partial charge on any atom is 0.326 e. The number of nitrogens with one attached hydrogen (secondary N) is 4. The van der Waals surface area contributed by atoms with Gasteiger partial charge in [0, 0.05) is 23.5 Å². The number of aromatic nitrogens is 1. The molecule has 0 spiro atoms. The van der Waals surface area contributed by atoms with Crippen LogP contribution in [0.1, 0.15) is 19.4 Å². The van der Waals surface area contributed by atoms with E-state index in [-0.39, 0.29) is 25.4 Å². The Bertz CT molecular complexity index is 923. The van der Waals surface area contributed by atoms with Crippen LogP contribution in [0.3, 0.4) is 0 Å². The van der Waals surface area contributed by atoms with E-state index in [1.54, 1.807) is 20.0 Å². The molecule has 0 aliphatic carbocycles. The standard InChI is InChI=1S/C20H27N5O5/c1-11(2)18(20(29)30)25-19(28)15(24-17(27)10-23-16(26)8-21)7-12-9-22-14-6-4-3-5-13(12)14/h3-6,9,11,15,18,22H,7-8,10,21H2,1-2H3,(H,23,26)(H,24,27)(H,25,28)(H,29,30). The number of hydrogen-bond donors (Lipinski definition) is 6. The van der Waals surface area contributed by atoms with Gasteiger partial charge in [-0.3, -0.25) is 14.4 Å². The lowest BCUT2D eigenvalue weighted by molar-refractivity contribution is -0.143. The van der Waals surface area contributed by atoms with Gasteiger partial charge in [-0.1, -0.05) is 32.0 Å². The highest BCUT2D eigenvalue weighted by Gasteiger charge is 2.29. The molecule has 0 radical (unpaired) electrons. The molecule has 0 bridgehead atoms. The number of carbonyl (C=O) groups excluding carboxylic acids is 3. The predicted molar refractivity (Wildman–Crippen MR) is 110 cm³/mol. The number of benzene rings is 1. The number of aliphatic carboxylic acids is 1. The number of carboxylic acid groups (broad SMARTS) is 1. The number of carboxylic acids is 1. The van der Waals surface area contributed by atoms with Crippen LogP contribution in [0.5, 0.6) is 0 Å². The first kappa shape index (κ1) is 22.9. The van der Waals surface area contributed by atoms with E-state index in [1.807, 2.05) is 24.3 Å². The van der Waals surface area contributed by atoms with Gasteiger partial charge in [0.05, 0.1) is 13.1 Å². The topological polar surface area (TPSA) is 166 Å². The number of amides is 3. The van der Waals surface area contributed by atoms with E-state index in [9.17, 15) is 24.3 Å². The van der Waals surface area contributed by atoms with Gasteiger partial charge in [-0.25, -0.2) is 4.79 Å². The van der Waals surface area contributed by atoms with E-state index >= 15 is 0 Å². The zero-order chi connectivity index (χ0) is 22.3. The zero-order valence-electron chi connectivity index (χ0n) is 16.9. The molecule has 3 amide bonds. The fourth-order valence-electron chi connectivity index (χ4n) is 2.99. The van der Waals surface area contributed by atoms with Crippen LogP contribution in [0.25, 0.3) is 10.9 Å². The molecule has 2 aromatic rings. The number of rotatable bonds is 10. The average molecular weight is 417 g/mol. The van der Waals surface area contributed by atoms with Crippen molar-refractivity contribution in [2.45, 2.75) is 32.4 Å². The molecule has 0 aliphatic rings. The number of para-hydroxylation sites is 1. The van der Waals surface area contributed by atoms with E-state index in [1.165, 1.54) is 0 Å². The molecule has 1 heterocycles. The maximum absolute atomic E-state index is 12.8. The smallest absolute Gasteiger partial charge is 0.326 e. The summed E-state index contributed by atoms with van der Waals surface area (Å²) in [6.07, 6.45) is 1.88. The van der Waals surface area contributed by atoms with Gasteiger partial charge in [-0.05, 0) is 17.5 Å². The van der Waals surface area contributed by atoms with Crippen molar-refractivity contribution in [3.63, 3.8) is 0 Å². The Balaban J connectivity index is 2.20. The Labute approximate surface area is 173 Å². The normalized spacial score (nSPS) is 12.9. The lowest BCUT2D eigenvalue weighted by atomic mass is 10.0. The fraction of sp³-hybridized carbons (Fsp3) is 0.400. The molecular weight excluding hydrogens is 390 g/mol. The second-order valence-corrected chi connectivity index (χ2v) is 7.23. The summed E-state index contributed by atoms with van der Waals surface area (Å²) in [4.78, 5) is 50.9. The summed E-state index contributed by atoms with van der Waals surface area (Å²) < 4.78 is 0. The molecule has 1 aromatic carbocycles. The molecule has 2 atom stereocenters. The van der Waals surface area contributed by atoms with E-state index in [0.29, 0.717) is 0 Å². The molecule has 1 aromatic heterocycles. The molecule has 2 rings (SSSR count). The highest BCUT2D eigenvalue weighted by Crippen LogP contribution is 2.19. The Morgan fingerprint density at radius 1 is 1.10 bits per heavy atom. The van der Waals surface area contributed by atoms with Gasteiger partial charge in [-0.15, -0.1) is 0 Å². The van der Waals surface area contributed by atoms with E-state index in [0.717, 1.165) is 16.5 Å². The predicted octanol–water partition coefficient (Wildman–Crippen LogP) is -0.504. The highest BCUT2D eigenvalue weighted by atomic mass is 16.4. The molecule has 2 unspecified atom stereocenters. The van der Waals surface area contributed by atoms with E-state index in [4.69, 9.17) is 5.73 Å². The summed E-state index contributed by atoms with van der Waals surface area (Å²) in [7, 11) is 0. The van der Waals surface area contributed by atoms with Crippen LogP contribution in [0.15, 0.2) is 30.5 Å². The van der Waals surface area contributed by atoms with Crippen molar-refractivity contribution in [1.82, 2.24) is 20.9 Å². The summed E-state index contributed by atoms with van der Waals surface area (Å²) >= 11 is 0. The zero-order valence-corrected chi connectivity index (χ0v) is 16.9. The lowest BCUT2D eigenvalue weighted by Crippen LogP contribution is -2.55. The largest absolute Gasteiger partial charge is 0.480 e. The molecule has 0 saturated carbocycles. The van der Waals surface area contributed by atoms with Crippen molar-refractivity contribution in [3.05, 3.63) is 36.0 Å². The number of H-pyrrole nitrogens is 1. The molecule has 0 fully saturated rings. The van der Waals surface area contributed by atoms with Crippen LogP contribution < -0.4 is 21.7 Å². The number of carbonyl (C=O) groups is 4. The quantitative estimate of drug-likeness (QED) is 0.305. The minimum absolute atomic E-state index is 0.136. The summed E-state index contributed by atoms with van der Waals surface area (Å²) in [5, 5.41) is 17.6. The molecule has 10 nitrogen and oxygen atoms in total. The van der Waals surface area contributed by atoms with Crippen molar-refractivity contribution in [1.29, 1.82) is 0 Å². The number of aromatic amines is 1. The van der Waals surface area contributed by atoms with Gasteiger partial charge in [-0.2, -0.15) is 0 Å². The third-order valence-electron chi connectivity index (χ3n) is 4.61. The van der Waals surface area contributed by atoms with Crippen molar-refractivity contribution >= 4 is 34.6 Å². The van der Waals surface area contributed by atoms with Crippen LogP contribution in [-0.4, -0.2) is 59.0 Å². The third kappa shape index (κ3) is 6.05. The monoisotopic (exact) mass is 417 g/mol. The van der Waals surface area contributed by atoms with Gasteiger partial charge in [0.2, 0.25) is 17.7 Å². The van der Waals surface area contributed by atoms with Crippen molar-refractivity contribution in [2.75, 3.05) is 13.1 Å². The van der Waals surface area contributed by atoms with Gasteiger partial charge in [0.1, 0.15) is 12.1 Å². The molecular formula is C20H27N5O5. The molecule has 0 aliphatic heterocycles. The summed E-state index contributed by atoms with van der Waals surface area (Å²) in [5.74, 6) is -3.23. The number of hydrogen-bond acceptors (Lipinski definition) is 5. The maximum atomic E-state index is 12.8. The van der Waals surface area contributed by atoms with Crippen LogP contribution in [0.2, 0.25) is 0 Å². The van der Waals surface area contributed by atoms with Crippen LogP contribution in [-0.2, 0) is 25.6 Å². The SMILES string of the molecule is CC(C)C(NC(=O)C(Cc1c[nH]c2ccccc12)NC(=O)CNC(=O)CN)C(=O)O. The second kappa shape index (κ2) is 10.4. The van der Waals surface area contributed by atoms with Crippen molar-refractivity contribution in [2.24, 2.45) is 11.7 Å². The van der Waals surface area contributed by atoms with Gasteiger partial charge >= 0.3 is 5.97 Å². The lowest BCUT2D eigenvalue weighted by Gasteiger charge is -2.23. The summed E-state index contributed by atoms with van der Waals surface area (Å²) in [6, 6.07) is 5.36. The Morgan fingerprint density at radius 3 is 2.43 bits per heavy atom. The third-order valence-corrected chi connectivity index (χ3v) is 4.61. The van der Waals surface area contributed by atoms with Crippen molar-refractivity contribution in [3.8, 4) is 0 Å². The Kier molecular flexibility index (Phi) is 7.93. The average Bonchev–Trinajstić information content (AvgIpc) is 3.11. The molecule has 0 saturated heterocycles. The number of fused-ring (bicyclic) bond motifs is 1. The Hall–Kier alpha value is -3.40. The Morgan fingerprint density at radius 2 is 1.80 bits per heavy atom. The van der Waals surface area contributed by atoms with Crippen molar-refractivity contribution < 1.29 is 24.3 Å². The van der Waals surface area contributed by atoms with Gasteiger partial charge in [0.25, 0.3) is 0 Å². The second-order valence-electron chi connectivity index (χ2n) is 7.23. The van der Waals surface area contributed by atoms with Crippen LogP contribution in [0, 0.1) is 5.92 Å². The molecule has 162 valence electrons. The van der Waals surface area contributed by atoms with Gasteiger partial charge < -0.3 is 31.8 Å². The minimum Gasteiger partial charge on any atom is -0.480 e. The highest BCUT2D eigenvalue weighted by molar-refractivity contribution is 5.93.